The SMILES string of the molecule is C[C@H](O)CNCCCCCOc1ccc(C2=NNC(=O)CC2)cc1Cl. The number of unbranched alkanes of at least 4 members (excludes halogenated alkanes) is 2. The van der Waals surface area contributed by atoms with Gasteiger partial charge in [-0.1, -0.05) is 11.6 Å². The van der Waals surface area contributed by atoms with Gasteiger partial charge in [-0.05, 0) is 56.5 Å². The van der Waals surface area contributed by atoms with Gasteiger partial charge in [0.25, 0.3) is 0 Å². The number of hydrazone groups is 1. The van der Waals surface area contributed by atoms with Crippen molar-refractivity contribution in [1.82, 2.24) is 10.7 Å². The molecular weight excluding hydrogens is 342 g/mol. The maximum absolute atomic E-state index is 11.1. The first kappa shape index (κ1) is 19.7. The molecule has 1 aromatic rings. The lowest BCUT2D eigenvalue weighted by atomic mass is 10.0. The number of hydrogen-bond donors (Lipinski definition) is 3. The number of ether oxygens (including phenoxy) is 1. The lowest BCUT2D eigenvalue weighted by molar-refractivity contribution is -0.121. The van der Waals surface area contributed by atoms with Gasteiger partial charge in [-0.3, -0.25) is 4.79 Å². The molecule has 1 aliphatic heterocycles. The van der Waals surface area contributed by atoms with Crippen LogP contribution in [-0.2, 0) is 4.79 Å². The van der Waals surface area contributed by atoms with Crippen molar-refractivity contribution >= 4 is 23.2 Å². The van der Waals surface area contributed by atoms with E-state index in [1.54, 1.807) is 6.92 Å². The van der Waals surface area contributed by atoms with Crippen molar-refractivity contribution in [2.75, 3.05) is 19.7 Å². The van der Waals surface area contributed by atoms with E-state index < -0.39 is 0 Å². The van der Waals surface area contributed by atoms with Crippen molar-refractivity contribution in [1.29, 1.82) is 0 Å². The lowest BCUT2D eigenvalue weighted by Crippen LogP contribution is -2.25. The van der Waals surface area contributed by atoms with Crippen molar-refractivity contribution in [3.63, 3.8) is 0 Å². The van der Waals surface area contributed by atoms with Gasteiger partial charge in [0.05, 0.1) is 23.4 Å². The molecule has 1 atom stereocenters. The minimum absolute atomic E-state index is 0.0594. The summed E-state index contributed by atoms with van der Waals surface area (Å²) in [5, 5.41) is 17.0. The third-order valence-corrected chi connectivity index (χ3v) is 4.16. The van der Waals surface area contributed by atoms with Crippen LogP contribution in [0, 0.1) is 0 Å². The number of nitrogens with one attached hydrogen (secondary N) is 2. The Bertz CT molecular complexity index is 605. The van der Waals surface area contributed by atoms with E-state index in [0.717, 1.165) is 37.1 Å². The van der Waals surface area contributed by atoms with Crippen LogP contribution in [0.3, 0.4) is 0 Å². The normalized spacial score (nSPS) is 15.5. The first-order valence-corrected chi connectivity index (χ1v) is 9.11. The van der Waals surface area contributed by atoms with Crippen LogP contribution in [-0.4, -0.2) is 42.5 Å². The molecule has 0 fully saturated rings. The first-order chi connectivity index (χ1) is 12.1. The maximum Gasteiger partial charge on any atom is 0.240 e. The Hall–Kier alpha value is -1.63. The van der Waals surface area contributed by atoms with Gasteiger partial charge >= 0.3 is 0 Å². The summed E-state index contributed by atoms with van der Waals surface area (Å²) in [4.78, 5) is 11.1. The van der Waals surface area contributed by atoms with E-state index in [1.807, 2.05) is 18.2 Å². The highest BCUT2D eigenvalue weighted by Crippen LogP contribution is 2.27. The van der Waals surface area contributed by atoms with Crippen molar-refractivity contribution in [3.05, 3.63) is 28.8 Å². The second-order valence-electron chi connectivity index (χ2n) is 6.20. The van der Waals surface area contributed by atoms with E-state index in [-0.39, 0.29) is 12.0 Å². The Kier molecular flexibility index (Phi) is 8.18. The summed E-state index contributed by atoms with van der Waals surface area (Å²) in [6, 6.07) is 5.59. The van der Waals surface area contributed by atoms with E-state index >= 15 is 0 Å². The maximum atomic E-state index is 11.1. The highest BCUT2D eigenvalue weighted by Gasteiger charge is 2.14. The van der Waals surface area contributed by atoms with Crippen LogP contribution in [0.5, 0.6) is 5.75 Å². The number of carbonyl (C=O) groups excluding carboxylic acids is 1. The average Bonchev–Trinajstić information content (AvgIpc) is 2.59. The summed E-state index contributed by atoms with van der Waals surface area (Å²) in [5.74, 6) is 0.606. The van der Waals surface area contributed by atoms with Gasteiger partial charge in [0, 0.05) is 19.4 Å². The molecule has 0 spiro atoms. The number of amides is 1. The molecule has 6 nitrogen and oxygen atoms in total. The zero-order chi connectivity index (χ0) is 18.1. The second kappa shape index (κ2) is 10.4. The molecule has 1 amide bonds. The highest BCUT2D eigenvalue weighted by atomic mass is 35.5. The van der Waals surface area contributed by atoms with Crippen LogP contribution < -0.4 is 15.5 Å². The molecule has 0 bridgehead atoms. The molecule has 2 rings (SSSR count). The molecule has 1 aromatic carbocycles. The number of carbonyl (C=O) groups is 1. The molecule has 0 saturated heterocycles. The number of nitrogens with zero attached hydrogens (tertiary/aromatic N) is 1. The summed E-state index contributed by atoms with van der Waals surface area (Å²) < 4.78 is 5.74. The summed E-state index contributed by atoms with van der Waals surface area (Å²) in [6.07, 6.45) is 3.82. The lowest BCUT2D eigenvalue weighted by Gasteiger charge is -2.14. The van der Waals surface area contributed by atoms with Crippen LogP contribution in [0.2, 0.25) is 5.02 Å². The molecular formula is C18H26ClN3O3. The number of hydrogen-bond acceptors (Lipinski definition) is 5. The highest BCUT2D eigenvalue weighted by molar-refractivity contribution is 6.32. The number of halogens is 1. The largest absolute Gasteiger partial charge is 0.492 e. The predicted molar refractivity (Wildman–Crippen MR) is 99.3 cm³/mol. The molecule has 0 saturated carbocycles. The van der Waals surface area contributed by atoms with Gasteiger partial charge in [0.1, 0.15) is 5.75 Å². The molecule has 3 N–H and O–H groups in total. The van der Waals surface area contributed by atoms with Crippen LogP contribution >= 0.6 is 11.6 Å². The van der Waals surface area contributed by atoms with Gasteiger partial charge < -0.3 is 15.2 Å². The molecule has 0 aliphatic carbocycles. The smallest absolute Gasteiger partial charge is 0.240 e. The predicted octanol–water partition coefficient (Wildman–Crippen LogP) is 2.47. The van der Waals surface area contributed by atoms with Crippen molar-refractivity contribution in [2.45, 2.75) is 45.1 Å². The molecule has 0 radical (unpaired) electrons. The van der Waals surface area contributed by atoms with Crippen LogP contribution in [0.1, 0.15) is 44.6 Å². The van der Waals surface area contributed by atoms with Crippen molar-refractivity contribution in [3.8, 4) is 5.75 Å². The molecule has 0 aromatic heterocycles. The van der Waals surface area contributed by atoms with Gasteiger partial charge in [0.15, 0.2) is 0 Å². The van der Waals surface area contributed by atoms with E-state index in [2.05, 4.69) is 15.8 Å². The van der Waals surface area contributed by atoms with E-state index in [9.17, 15) is 4.79 Å². The standard InChI is InChI=1S/C18H26ClN3O3/c1-13(23)12-20-9-3-2-4-10-25-17-7-5-14(11-15(17)19)16-6-8-18(24)22-21-16/h5,7,11,13,20,23H,2-4,6,8-10,12H2,1H3,(H,22,24)/t13-/m0/s1. The Morgan fingerprint density at radius 1 is 1.36 bits per heavy atom. The number of benzene rings is 1. The molecule has 1 aliphatic rings. The van der Waals surface area contributed by atoms with E-state index in [0.29, 0.717) is 36.8 Å². The Morgan fingerprint density at radius 3 is 2.88 bits per heavy atom. The zero-order valence-electron chi connectivity index (χ0n) is 14.6. The van der Waals surface area contributed by atoms with Crippen LogP contribution in [0.4, 0.5) is 0 Å². The summed E-state index contributed by atoms with van der Waals surface area (Å²) in [6.45, 7) is 3.92. The zero-order valence-corrected chi connectivity index (χ0v) is 15.3. The topological polar surface area (TPSA) is 82.9 Å². The third-order valence-electron chi connectivity index (χ3n) is 3.86. The summed E-state index contributed by atoms with van der Waals surface area (Å²) >= 11 is 6.29. The van der Waals surface area contributed by atoms with Crippen molar-refractivity contribution in [2.24, 2.45) is 5.10 Å². The van der Waals surface area contributed by atoms with Crippen LogP contribution in [0.25, 0.3) is 0 Å². The van der Waals surface area contributed by atoms with E-state index in [1.165, 1.54) is 0 Å². The third kappa shape index (κ3) is 7.02. The summed E-state index contributed by atoms with van der Waals surface area (Å²) in [5.41, 5.74) is 4.22. The van der Waals surface area contributed by atoms with Crippen LogP contribution in [0.15, 0.2) is 23.3 Å². The minimum atomic E-state index is -0.302. The Balaban J connectivity index is 1.70. The molecule has 0 unspecified atom stereocenters. The average molecular weight is 368 g/mol. The number of aliphatic hydroxyl groups is 1. The fourth-order valence-corrected chi connectivity index (χ4v) is 2.74. The molecule has 25 heavy (non-hydrogen) atoms. The number of rotatable bonds is 10. The minimum Gasteiger partial charge on any atom is -0.492 e. The van der Waals surface area contributed by atoms with Gasteiger partial charge in [-0.15, -0.1) is 0 Å². The first-order valence-electron chi connectivity index (χ1n) is 8.73. The monoisotopic (exact) mass is 367 g/mol. The van der Waals surface area contributed by atoms with E-state index in [4.69, 9.17) is 21.4 Å². The summed E-state index contributed by atoms with van der Waals surface area (Å²) in [7, 11) is 0. The Morgan fingerprint density at radius 2 is 2.20 bits per heavy atom. The quantitative estimate of drug-likeness (QED) is 0.555. The second-order valence-corrected chi connectivity index (χ2v) is 6.61. The van der Waals surface area contributed by atoms with Crippen molar-refractivity contribution < 1.29 is 14.6 Å². The fraction of sp³-hybridized carbons (Fsp3) is 0.556. The molecule has 1 heterocycles. The molecule has 138 valence electrons. The van der Waals surface area contributed by atoms with Gasteiger partial charge in [0.2, 0.25) is 5.91 Å². The molecule has 7 heteroatoms. The van der Waals surface area contributed by atoms with Gasteiger partial charge in [-0.25, -0.2) is 5.43 Å². The fourth-order valence-electron chi connectivity index (χ4n) is 2.50. The van der Waals surface area contributed by atoms with Gasteiger partial charge in [-0.2, -0.15) is 5.10 Å². The number of aliphatic hydroxyl groups excluding tert-OH is 1. The Labute approximate surface area is 153 Å².